The molecule has 0 bridgehead atoms. The summed E-state index contributed by atoms with van der Waals surface area (Å²) in [5.74, 6) is -0.408. The third-order valence-corrected chi connectivity index (χ3v) is 3.07. The van der Waals surface area contributed by atoms with Gasteiger partial charge in [0.25, 0.3) is 0 Å². The van der Waals surface area contributed by atoms with Crippen molar-refractivity contribution in [3.63, 3.8) is 0 Å². The van der Waals surface area contributed by atoms with Crippen LogP contribution in [0.15, 0.2) is 24.3 Å². The zero-order chi connectivity index (χ0) is 16.4. The Kier molecular flexibility index (Phi) is 7.99. The van der Waals surface area contributed by atoms with Gasteiger partial charge in [-0.1, -0.05) is 25.5 Å². The summed E-state index contributed by atoms with van der Waals surface area (Å²) >= 11 is 0. The molecule has 0 aliphatic heterocycles. The van der Waals surface area contributed by atoms with Gasteiger partial charge in [0.05, 0.1) is 13.1 Å². The maximum atomic E-state index is 11.6. The van der Waals surface area contributed by atoms with Gasteiger partial charge in [-0.05, 0) is 31.0 Å². The number of aryl methyl sites for hydroxylation is 1. The van der Waals surface area contributed by atoms with Crippen molar-refractivity contribution < 1.29 is 19.4 Å². The summed E-state index contributed by atoms with van der Waals surface area (Å²) in [4.78, 5) is 22.6. The van der Waals surface area contributed by atoms with Gasteiger partial charge >= 0.3 is 5.97 Å². The molecule has 0 fully saturated rings. The first-order valence-electron chi connectivity index (χ1n) is 7.45. The summed E-state index contributed by atoms with van der Waals surface area (Å²) in [7, 11) is 0. The highest BCUT2D eigenvalue weighted by Gasteiger charge is 2.16. The van der Waals surface area contributed by atoms with Crippen LogP contribution in [0.2, 0.25) is 0 Å². The standard InChI is InChI=1S/C16H24N2O4/c1-3-5-14(16(20)21)18-11-15(19)17-8-9-22-13-7-4-6-12(2)10-13/h4,6-7,10,14,18H,3,5,8-9,11H2,1-2H3,(H,17,19)(H,20,21). The molecule has 1 rings (SSSR count). The van der Waals surface area contributed by atoms with E-state index in [0.717, 1.165) is 17.7 Å². The number of carbonyl (C=O) groups is 2. The lowest BCUT2D eigenvalue weighted by molar-refractivity contribution is -0.139. The van der Waals surface area contributed by atoms with E-state index >= 15 is 0 Å². The van der Waals surface area contributed by atoms with Crippen LogP contribution >= 0.6 is 0 Å². The second-order valence-corrected chi connectivity index (χ2v) is 5.08. The van der Waals surface area contributed by atoms with E-state index in [2.05, 4.69) is 10.6 Å². The van der Waals surface area contributed by atoms with E-state index < -0.39 is 12.0 Å². The molecular weight excluding hydrogens is 284 g/mol. The fourth-order valence-corrected chi connectivity index (χ4v) is 1.94. The third kappa shape index (κ3) is 7.08. The molecule has 0 spiro atoms. The second kappa shape index (κ2) is 9.78. The Hall–Kier alpha value is -2.08. The maximum Gasteiger partial charge on any atom is 0.320 e. The topological polar surface area (TPSA) is 87.7 Å². The molecule has 122 valence electrons. The molecule has 0 aliphatic carbocycles. The number of carboxylic acid groups (broad SMARTS) is 1. The van der Waals surface area contributed by atoms with Gasteiger partial charge in [-0.2, -0.15) is 0 Å². The number of aliphatic carboxylic acids is 1. The Morgan fingerprint density at radius 1 is 1.36 bits per heavy atom. The van der Waals surface area contributed by atoms with Crippen LogP contribution in [0.4, 0.5) is 0 Å². The average Bonchev–Trinajstić information content (AvgIpc) is 2.47. The van der Waals surface area contributed by atoms with Crippen molar-refractivity contribution in [1.29, 1.82) is 0 Å². The first-order chi connectivity index (χ1) is 10.5. The first-order valence-corrected chi connectivity index (χ1v) is 7.45. The van der Waals surface area contributed by atoms with Crippen LogP contribution in [-0.2, 0) is 9.59 Å². The number of benzene rings is 1. The number of rotatable bonds is 10. The summed E-state index contributed by atoms with van der Waals surface area (Å²) in [5.41, 5.74) is 1.11. The van der Waals surface area contributed by atoms with Crippen LogP contribution < -0.4 is 15.4 Å². The lowest BCUT2D eigenvalue weighted by Gasteiger charge is -2.13. The van der Waals surface area contributed by atoms with Crippen molar-refractivity contribution in [3.05, 3.63) is 29.8 Å². The molecule has 6 heteroatoms. The highest BCUT2D eigenvalue weighted by Crippen LogP contribution is 2.11. The van der Waals surface area contributed by atoms with E-state index in [1.807, 2.05) is 38.1 Å². The number of carbonyl (C=O) groups excluding carboxylic acids is 1. The van der Waals surface area contributed by atoms with Gasteiger partial charge in [-0.15, -0.1) is 0 Å². The summed E-state index contributed by atoms with van der Waals surface area (Å²) in [5, 5.41) is 14.4. The van der Waals surface area contributed by atoms with Gasteiger partial charge in [0.2, 0.25) is 5.91 Å². The van der Waals surface area contributed by atoms with Gasteiger partial charge < -0.3 is 15.2 Å². The molecule has 0 saturated heterocycles. The number of nitrogens with one attached hydrogen (secondary N) is 2. The highest BCUT2D eigenvalue weighted by molar-refractivity contribution is 5.79. The number of hydrogen-bond acceptors (Lipinski definition) is 4. The van der Waals surface area contributed by atoms with Crippen molar-refractivity contribution >= 4 is 11.9 Å². The molecule has 1 atom stereocenters. The minimum atomic E-state index is -0.933. The molecule has 1 aromatic carbocycles. The molecule has 0 aromatic heterocycles. The quantitative estimate of drug-likeness (QED) is 0.568. The van der Waals surface area contributed by atoms with E-state index in [1.165, 1.54) is 0 Å². The largest absolute Gasteiger partial charge is 0.492 e. The SMILES string of the molecule is CCCC(NCC(=O)NCCOc1cccc(C)c1)C(=O)O. The van der Waals surface area contributed by atoms with Gasteiger partial charge in [0.15, 0.2) is 0 Å². The Bertz CT molecular complexity index is 491. The fourth-order valence-electron chi connectivity index (χ4n) is 1.94. The van der Waals surface area contributed by atoms with Crippen molar-refractivity contribution in [2.24, 2.45) is 0 Å². The number of carboxylic acids is 1. The first kappa shape index (κ1) is 18.0. The average molecular weight is 308 g/mol. The van der Waals surface area contributed by atoms with E-state index in [-0.39, 0.29) is 12.5 Å². The molecule has 0 heterocycles. The van der Waals surface area contributed by atoms with E-state index in [4.69, 9.17) is 9.84 Å². The maximum absolute atomic E-state index is 11.6. The van der Waals surface area contributed by atoms with E-state index in [0.29, 0.717) is 19.6 Å². The molecule has 1 unspecified atom stereocenters. The molecular formula is C16H24N2O4. The normalized spacial score (nSPS) is 11.7. The molecule has 1 aromatic rings. The zero-order valence-corrected chi connectivity index (χ0v) is 13.1. The number of ether oxygens (including phenoxy) is 1. The number of hydrogen-bond donors (Lipinski definition) is 3. The Morgan fingerprint density at radius 2 is 2.14 bits per heavy atom. The third-order valence-electron chi connectivity index (χ3n) is 3.07. The second-order valence-electron chi connectivity index (χ2n) is 5.08. The summed E-state index contributed by atoms with van der Waals surface area (Å²) < 4.78 is 5.51. The van der Waals surface area contributed by atoms with E-state index in [9.17, 15) is 9.59 Å². The lowest BCUT2D eigenvalue weighted by Crippen LogP contribution is -2.43. The fraction of sp³-hybridized carbons (Fsp3) is 0.500. The van der Waals surface area contributed by atoms with Gasteiger partial charge in [-0.3, -0.25) is 14.9 Å². The Labute approximate surface area is 130 Å². The summed E-state index contributed by atoms with van der Waals surface area (Å²) in [6.45, 7) is 4.61. The highest BCUT2D eigenvalue weighted by atomic mass is 16.5. The summed E-state index contributed by atoms with van der Waals surface area (Å²) in [6, 6.07) is 6.99. The zero-order valence-electron chi connectivity index (χ0n) is 13.1. The molecule has 3 N–H and O–H groups in total. The lowest BCUT2D eigenvalue weighted by atomic mass is 10.2. The van der Waals surface area contributed by atoms with Crippen LogP contribution in [0.25, 0.3) is 0 Å². The van der Waals surface area contributed by atoms with Crippen molar-refractivity contribution in [2.75, 3.05) is 19.7 Å². The Balaban J connectivity index is 2.19. The predicted octanol–water partition coefficient (Wildman–Crippen LogP) is 1.33. The smallest absolute Gasteiger partial charge is 0.320 e. The van der Waals surface area contributed by atoms with Crippen LogP contribution in [0.1, 0.15) is 25.3 Å². The molecule has 0 radical (unpaired) electrons. The molecule has 1 amide bonds. The van der Waals surface area contributed by atoms with Gasteiger partial charge in [0.1, 0.15) is 18.4 Å². The van der Waals surface area contributed by atoms with Crippen molar-refractivity contribution in [3.8, 4) is 5.75 Å². The molecule has 0 saturated carbocycles. The minimum Gasteiger partial charge on any atom is -0.492 e. The summed E-state index contributed by atoms with van der Waals surface area (Å²) in [6.07, 6.45) is 1.25. The van der Waals surface area contributed by atoms with Crippen LogP contribution in [-0.4, -0.2) is 42.7 Å². The van der Waals surface area contributed by atoms with Gasteiger partial charge in [-0.25, -0.2) is 0 Å². The monoisotopic (exact) mass is 308 g/mol. The van der Waals surface area contributed by atoms with Gasteiger partial charge in [0, 0.05) is 0 Å². The number of amides is 1. The van der Waals surface area contributed by atoms with Crippen LogP contribution in [0.5, 0.6) is 5.75 Å². The Morgan fingerprint density at radius 3 is 2.77 bits per heavy atom. The predicted molar refractivity (Wildman–Crippen MR) is 84.0 cm³/mol. The van der Waals surface area contributed by atoms with Crippen LogP contribution in [0.3, 0.4) is 0 Å². The molecule has 22 heavy (non-hydrogen) atoms. The molecule has 6 nitrogen and oxygen atoms in total. The minimum absolute atomic E-state index is 0.0125. The van der Waals surface area contributed by atoms with Crippen molar-refractivity contribution in [2.45, 2.75) is 32.7 Å². The van der Waals surface area contributed by atoms with Crippen LogP contribution in [0, 0.1) is 6.92 Å². The molecule has 0 aliphatic rings. The van der Waals surface area contributed by atoms with Crippen molar-refractivity contribution in [1.82, 2.24) is 10.6 Å². The van der Waals surface area contributed by atoms with E-state index in [1.54, 1.807) is 0 Å².